The average molecular weight is 1450 g/mol. The highest BCUT2D eigenvalue weighted by Gasteiger charge is 2.30. The number of carbonyl (C=O) groups excluding carboxylic acids is 4. The molecule has 0 aliphatic heterocycles. The number of unbranched alkanes of at least 4 members (excludes halogenated alkanes) is 49. The van der Waals surface area contributed by atoms with E-state index in [1.807, 2.05) is 0 Å². The highest BCUT2D eigenvalue weighted by Crippen LogP contribution is 2.45. The van der Waals surface area contributed by atoms with Gasteiger partial charge in [-0.3, -0.25) is 37.3 Å². The van der Waals surface area contributed by atoms with Gasteiger partial charge in [0.1, 0.15) is 19.3 Å². The molecule has 0 aliphatic carbocycles. The molecule has 0 aromatic carbocycles. The lowest BCUT2D eigenvalue weighted by molar-refractivity contribution is -0.161. The first kappa shape index (κ1) is 97.1. The van der Waals surface area contributed by atoms with Gasteiger partial charge in [0.05, 0.1) is 26.4 Å². The van der Waals surface area contributed by atoms with Crippen LogP contribution in [0.15, 0.2) is 0 Å². The maximum absolute atomic E-state index is 13.1. The molecule has 0 saturated carbocycles. The summed E-state index contributed by atoms with van der Waals surface area (Å²) in [6.45, 7) is 9.59. The fraction of sp³-hybridized carbons (Fsp3) is 0.950. The Labute approximate surface area is 607 Å². The van der Waals surface area contributed by atoms with Crippen LogP contribution in [-0.2, 0) is 65.4 Å². The molecule has 99 heavy (non-hydrogen) atoms. The van der Waals surface area contributed by atoms with Crippen LogP contribution in [0.3, 0.4) is 0 Å². The van der Waals surface area contributed by atoms with Crippen molar-refractivity contribution in [1.82, 2.24) is 0 Å². The first-order valence-electron chi connectivity index (χ1n) is 41.5. The standard InChI is InChI=1S/C80H156O17P2/c1-7-9-11-13-15-17-19-21-27-32-35-39-43-50-56-62-77(82)90-68-75(96-79(84)65-59-53-45-41-37-33-29-26-24-23-25-28-30-34-38-42-48-54-60-72(3)4)70-94-98(86,87)92-66-74(81)67-93-99(88,89)95-71-76(69-91-78(83)63-57-51-47-46-49-55-61-73(5)6)97-80(85)64-58-52-44-40-36-31-22-20-18-16-14-12-10-8-2/h72-76,81H,7-71H2,1-6H3,(H,86,87)(H,88,89)/t74-,75-,76-/m1/s1. The maximum Gasteiger partial charge on any atom is 0.472 e. The maximum atomic E-state index is 13.1. The van der Waals surface area contributed by atoms with Gasteiger partial charge < -0.3 is 33.8 Å². The Bertz CT molecular complexity index is 1910. The number of aliphatic hydroxyl groups is 1. The largest absolute Gasteiger partial charge is 0.472 e. The zero-order chi connectivity index (χ0) is 72.8. The fourth-order valence-electron chi connectivity index (χ4n) is 12.4. The molecule has 0 bridgehead atoms. The van der Waals surface area contributed by atoms with Crippen LogP contribution in [0.4, 0.5) is 0 Å². The number of esters is 4. The second-order valence-electron chi connectivity index (χ2n) is 29.8. The van der Waals surface area contributed by atoms with Gasteiger partial charge in [0.25, 0.3) is 0 Å². The third-order valence-electron chi connectivity index (χ3n) is 18.7. The van der Waals surface area contributed by atoms with Gasteiger partial charge in [-0.05, 0) is 37.5 Å². The SMILES string of the molecule is CCCCCCCCCCCCCCCCCC(=O)OC[C@H](COP(=O)(O)OC[C@@H](O)COP(=O)(O)OC[C@@H](COC(=O)CCCCCCCCC(C)C)OC(=O)CCCCCCCCCCCCCCCC)OC(=O)CCCCCCCCCCCCCCCCCCCCC(C)C. The average Bonchev–Trinajstić information content (AvgIpc) is 1.03. The zero-order valence-corrected chi connectivity index (χ0v) is 66.6. The summed E-state index contributed by atoms with van der Waals surface area (Å²) < 4.78 is 68.6. The third kappa shape index (κ3) is 74.1. The minimum atomic E-state index is -4.96. The van der Waals surface area contributed by atoms with E-state index in [-0.39, 0.29) is 25.7 Å². The normalized spacial score (nSPS) is 13.9. The van der Waals surface area contributed by atoms with Crippen molar-refractivity contribution in [2.45, 2.75) is 439 Å². The molecule has 3 N–H and O–H groups in total. The highest BCUT2D eigenvalue weighted by molar-refractivity contribution is 7.47. The van der Waals surface area contributed by atoms with E-state index in [9.17, 15) is 43.2 Å². The van der Waals surface area contributed by atoms with E-state index in [2.05, 4.69) is 41.5 Å². The summed E-state index contributed by atoms with van der Waals surface area (Å²) in [5.41, 5.74) is 0. The van der Waals surface area contributed by atoms with Gasteiger partial charge >= 0.3 is 39.5 Å². The molecule has 0 saturated heterocycles. The number of hydrogen-bond acceptors (Lipinski definition) is 15. The second-order valence-corrected chi connectivity index (χ2v) is 32.7. The Hall–Kier alpha value is -1.94. The van der Waals surface area contributed by atoms with E-state index in [4.69, 9.17) is 37.0 Å². The highest BCUT2D eigenvalue weighted by atomic mass is 31.2. The van der Waals surface area contributed by atoms with Crippen molar-refractivity contribution in [3.63, 3.8) is 0 Å². The number of hydrogen-bond donors (Lipinski definition) is 3. The number of aliphatic hydroxyl groups excluding tert-OH is 1. The Morgan fingerprint density at radius 1 is 0.273 bits per heavy atom. The zero-order valence-electron chi connectivity index (χ0n) is 64.8. The minimum Gasteiger partial charge on any atom is -0.462 e. The van der Waals surface area contributed by atoms with Crippen LogP contribution in [0.25, 0.3) is 0 Å². The molecule has 0 radical (unpaired) electrons. The molecule has 17 nitrogen and oxygen atoms in total. The van der Waals surface area contributed by atoms with E-state index in [1.54, 1.807) is 0 Å². The van der Waals surface area contributed by atoms with Crippen molar-refractivity contribution in [2.75, 3.05) is 39.6 Å². The summed E-state index contributed by atoms with van der Waals surface area (Å²) >= 11 is 0. The van der Waals surface area contributed by atoms with Crippen LogP contribution >= 0.6 is 15.6 Å². The number of ether oxygens (including phenoxy) is 4. The van der Waals surface area contributed by atoms with Crippen molar-refractivity contribution < 1.29 is 80.2 Å². The molecular formula is C80H156O17P2. The van der Waals surface area contributed by atoms with Gasteiger partial charge in [0.2, 0.25) is 0 Å². The van der Waals surface area contributed by atoms with E-state index < -0.39 is 97.5 Å². The minimum absolute atomic E-state index is 0.107. The van der Waals surface area contributed by atoms with E-state index in [0.29, 0.717) is 31.6 Å². The smallest absolute Gasteiger partial charge is 0.462 e. The van der Waals surface area contributed by atoms with Gasteiger partial charge in [0, 0.05) is 25.7 Å². The fourth-order valence-corrected chi connectivity index (χ4v) is 13.9. The van der Waals surface area contributed by atoms with Gasteiger partial charge in [-0.15, -0.1) is 0 Å². The number of phosphoric acid groups is 2. The molecule has 19 heteroatoms. The Morgan fingerprint density at radius 2 is 0.465 bits per heavy atom. The summed E-state index contributed by atoms with van der Waals surface area (Å²) in [6.07, 6.45) is 61.2. The molecule has 0 aromatic heterocycles. The molecule has 0 aliphatic rings. The molecule has 0 spiro atoms. The van der Waals surface area contributed by atoms with E-state index >= 15 is 0 Å². The lowest BCUT2D eigenvalue weighted by atomic mass is 10.0. The van der Waals surface area contributed by atoms with E-state index in [1.165, 1.54) is 231 Å². The summed E-state index contributed by atoms with van der Waals surface area (Å²) in [7, 11) is -9.92. The summed E-state index contributed by atoms with van der Waals surface area (Å²) in [5.74, 6) is -0.611. The summed E-state index contributed by atoms with van der Waals surface area (Å²) in [4.78, 5) is 72.9. The predicted molar refractivity (Wildman–Crippen MR) is 405 cm³/mol. The van der Waals surface area contributed by atoms with Gasteiger partial charge in [-0.25, -0.2) is 9.13 Å². The second kappa shape index (κ2) is 71.7. The molecule has 0 fully saturated rings. The third-order valence-corrected chi connectivity index (χ3v) is 20.6. The van der Waals surface area contributed by atoms with Crippen LogP contribution < -0.4 is 0 Å². The lowest BCUT2D eigenvalue weighted by Crippen LogP contribution is -2.30. The monoisotopic (exact) mass is 1450 g/mol. The molecule has 0 amide bonds. The molecule has 2 unspecified atom stereocenters. The number of rotatable bonds is 79. The number of carbonyl (C=O) groups is 4. The van der Waals surface area contributed by atoms with Crippen LogP contribution in [0.1, 0.15) is 420 Å². The topological polar surface area (TPSA) is 237 Å². The first-order valence-corrected chi connectivity index (χ1v) is 44.5. The lowest BCUT2D eigenvalue weighted by Gasteiger charge is -2.21. The van der Waals surface area contributed by atoms with Crippen molar-refractivity contribution in [3.8, 4) is 0 Å². The van der Waals surface area contributed by atoms with Gasteiger partial charge in [-0.2, -0.15) is 0 Å². The molecular weight excluding hydrogens is 1290 g/mol. The van der Waals surface area contributed by atoms with Crippen LogP contribution in [0, 0.1) is 11.8 Å². The predicted octanol–water partition coefficient (Wildman–Crippen LogP) is 23.9. The number of phosphoric ester groups is 2. The molecule has 5 atom stereocenters. The van der Waals surface area contributed by atoms with Crippen molar-refractivity contribution >= 4 is 39.5 Å². The summed E-state index contributed by atoms with van der Waals surface area (Å²) in [6, 6.07) is 0. The molecule has 588 valence electrons. The van der Waals surface area contributed by atoms with Crippen molar-refractivity contribution in [2.24, 2.45) is 11.8 Å². The van der Waals surface area contributed by atoms with Crippen LogP contribution in [0.5, 0.6) is 0 Å². The molecule has 0 heterocycles. The first-order chi connectivity index (χ1) is 47.9. The van der Waals surface area contributed by atoms with Gasteiger partial charge in [0.15, 0.2) is 12.2 Å². The van der Waals surface area contributed by atoms with E-state index in [0.717, 1.165) is 102 Å². The molecule has 0 aromatic rings. The van der Waals surface area contributed by atoms with Crippen LogP contribution in [0.2, 0.25) is 0 Å². The van der Waals surface area contributed by atoms with Crippen LogP contribution in [-0.4, -0.2) is 96.7 Å². The summed E-state index contributed by atoms with van der Waals surface area (Å²) in [5, 5.41) is 10.6. The van der Waals surface area contributed by atoms with Crippen molar-refractivity contribution in [1.29, 1.82) is 0 Å². The van der Waals surface area contributed by atoms with Gasteiger partial charge in [-0.1, -0.05) is 369 Å². The Morgan fingerprint density at radius 3 is 0.687 bits per heavy atom. The Kier molecular flexibility index (Phi) is 70.3. The quantitative estimate of drug-likeness (QED) is 0.0222. The Balaban J connectivity index is 5.21. The van der Waals surface area contributed by atoms with Crippen molar-refractivity contribution in [3.05, 3.63) is 0 Å². The molecule has 0 rings (SSSR count).